The van der Waals surface area contributed by atoms with Crippen molar-refractivity contribution in [3.63, 3.8) is 0 Å². The van der Waals surface area contributed by atoms with E-state index in [9.17, 15) is 4.79 Å². The molecule has 0 aliphatic carbocycles. The van der Waals surface area contributed by atoms with Crippen LogP contribution in [0.25, 0.3) is 0 Å². The van der Waals surface area contributed by atoms with Gasteiger partial charge in [0, 0.05) is 24.2 Å². The topological polar surface area (TPSA) is 56.8 Å². The van der Waals surface area contributed by atoms with Gasteiger partial charge in [0.2, 0.25) is 0 Å². The highest BCUT2D eigenvalue weighted by molar-refractivity contribution is 6.30. The third kappa shape index (κ3) is 11.8. The third-order valence-electron chi connectivity index (χ3n) is 5.24. The van der Waals surface area contributed by atoms with Gasteiger partial charge in [0.25, 0.3) is 0 Å². The Labute approximate surface area is 209 Å². The standard InChI is InChI=1S/C26H36ClNO4.ClH/c1-4-5-6-7-15-31-25(22-9-8-10-23(27)17-22)18-28-20(2)16-21-11-13-24(14-12-21)32-19-26(29)30-3;/h8-14,17,20,25,28H,4-7,15-16,18-19H2,1-3H3;1H. The molecule has 0 amide bonds. The van der Waals surface area contributed by atoms with Gasteiger partial charge in [-0.15, -0.1) is 12.4 Å². The lowest BCUT2D eigenvalue weighted by atomic mass is 10.1. The molecule has 2 atom stereocenters. The SMILES string of the molecule is CCCCCCOC(CNC(C)Cc1ccc(OCC(=O)OC)cc1)c1cccc(Cl)c1.Cl. The average Bonchev–Trinajstić information content (AvgIpc) is 2.80. The molecule has 33 heavy (non-hydrogen) atoms. The Morgan fingerprint density at radius 3 is 2.52 bits per heavy atom. The van der Waals surface area contributed by atoms with Crippen LogP contribution in [0.15, 0.2) is 48.5 Å². The number of carbonyl (C=O) groups excluding carboxylic acids is 1. The molecule has 0 bridgehead atoms. The molecule has 0 radical (unpaired) electrons. The number of ether oxygens (including phenoxy) is 3. The maximum atomic E-state index is 11.2. The fourth-order valence-corrected chi connectivity index (χ4v) is 3.59. The molecule has 1 N–H and O–H groups in total. The van der Waals surface area contributed by atoms with Gasteiger partial charge in [-0.1, -0.05) is 62.1 Å². The van der Waals surface area contributed by atoms with Crippen molar-refractivity contribution >= 4 is 30.0 Å². The van der Waals surface area contributed by atoms with Crippen molar-refractivity contribution in [3.8, 4) is 5.75 Å². The van der Waals surface area contributed by atoms with Crippen LogP contribution in [0.2, 0.25) is 5.02 Å². The van der Waals surface area contributed by atoms with Gasteiger partial charge in [-0.3, -0.25) is 0 Å². The van der Waals surface area contributed by atoms with Gasteiger partial charge >= 0.3 is 5.97 Å². The highest BCUT2D eigenvalue weighted by atomic mass is 35.5. The largest absolute Gasteiger partial charge is 0.482 e. The first-order valence-corrected chi connectivity index (χ1v) is 11.8. The lowest BCUT2D eigenvalue weighted by molar-refractivity contribution is -0.142. The minimum atomic E-state index is -0.395. The highest BCUT2D eigenvalue weighted by Crippen LogP contribution is 2.22. The highest BCUT2D eigenvalue weighted by Gasteiger charge is 2.14. The van der Waals surface area contributed by atoms with Crippen LogP contribution in [0, 0.1) is 0 Å². The minimum absolute atomic E-state index is 0. The molecule has 2 rings (SSSR count). The molecule has 0 aliphatic heterocycles. The lowest BCUT2D eigenvalue weighted by Gasteiger charge is -2.22. The van der Waals surface area contributed by atoms with Crippen LogP contribution in [0.3, 0.4) is 0 Å². The smallest absolute Gasteiger partial charge is 0.343 e. The van der Waals surface area contributed by atoms with Crippen LogP contribution >= 0.6 is 24.0 Å². The normalized spacial score (nSPS) is 12.5. The molecule has 2 aromatic carbocycles. The quantitative estimate of drug-likeness (QED) is 0.235. The number of unbranched alkanes of at least 4 members (excludes halogenated alkanes) is 3. The monoisotopic (exact) mass is 497 g/mol. The Morgan fingerprint density at radius 2 is 1.85 bits per heavy atom. The second-order valence-corrected chi connectivity index (χ2v) is 8.43. The maximum Gasteiger partial charge on any atom is 0.343 e. The molecule has 2 unspecified atom stereocenters. The van der Waals surface area contributed by atoms with Gasteiger partial charge < -0.3 is 19.5 Å². The van der Waals surface area contributed by atoms with E-state index < -0.39 is 5.97 Å². The zero-order valence-electron chi connectivity index (χ0n) is 19.8. The van der Waals surface area contributed by atoms with Crippen molar-refractivity contribution in [3.05, 3.63) is 64.7 Å². The van der Waals surface area contributed by atoms with E-state index in [1.807, 2.05) is 42.5 Å². The molecule has 0 aliphatic rings. The first-order valence-electron chi connectivity index (χ1n) is 11.4. The molecule has 0 aromatic heterocycles. The molecular weight excluding hydrogens is 461 g/mol. The predicted octanol–water partition coefficient (Wildman–Crippen LogP) is 6.17. The van der Waals surface area contributed by atoms with E-state index in [1.165, 1.54) is 31.9 Å². The zero-order chi connectivity index (χ0) is 23.2. The van der Waals surface area contributed by atoms with E-state index in [-0.39, 0.29) is 31.2 Å². The van der Waals surface area contributed by atoms with Crippen LogP contribution in [0.4, 0.5) is 0 Å². The summed E-state index contributed by atoms with van der Waals surface area (Å²) in [5, 5.41) is 4.33. The summed E-state index contributed by atoms with van der Waals surface area (Å²) in [4.78, 5) is 11.2. The van der Waals surface area contributed by atoms with Crippen molar-refractivity contribution < 1.29 is 19.0 Å². The summed E-state index contributed by atoms with van der Waals surface area (Å²) in [6, 6.07) is 16.0. The summed E-state index contributed by atoms with van der Waals surface area (Å²) in [5.41, 5.74) is 2.29. The van der Waals surface area contributed by atoms with Crippen molar-refractivity contribution in [1.29, 1.82) is 0 Å². The van der Waals surface area contributed by atoms with Gasteiger partial charge in [-0.2, -0.15) is 0 Å². The van der Waals surface area contributed by atoms with Gasteiger partial charge in [0.05, 0.1) is 13.2 Å². The first kappa shape index (κ1) is 29.2. The van der Waals surface area contributed by atoms with E-state index in [1.54, 1.807) is 0 Å². The number of rotatable bonds is 15. The fourth-order valence-electron chi connectivity index (χ4n) is 3.39. The fraction of sp³-hybridized carbons (Fsp3) is 0.500. The minimum Gasteiger partial charge on any atom is -0.482 e. The maximum absolute atomic E-state index is 11.2. The van der Waals surface area contributed by atoms with Crippen LogP contribution in [0.1, 0.15) is 56.8 Å². The Balaban J connectivity index is 0.00000544. The predicted molar refractivity (Wildman–Crippen MR) is 137 cm³/mol. The van der Waals surface area contributed by atoms with Gasteiger partial charge in [-0.25, -0.2) is 4.79 Å². The molecule has 5 nitrogen and oxygen atoms in total. The molecule has 0 saturated carbocycles. The summed E-state index contributed by atoms with van der Waals surface area (Å²) in [6.45, 7) is 5.76. The third-order valence-corrected chi connectivity index (χ3v) is 5.47. The van der Waals surface area contributed by atoms with Crippen molar-refractivity contribution in [2.45, 2.75) is 58.1 Å². The molecule has 0 heterocycles. The second-order valence-electron chi connectivity index (χ2n) is 8.00. The zero-order valence-corrected chi connectivity index (χ0v) is 21.4. The summed E-state index contributed by atoms with van der Waals surface area (Å²) >= 11 is 6.21. The summed E-state index contributed by atoms with van der Waals surface area (Å²) in [5.74, 6) is 0.256. The molecule has 2 aromatic rings. The molecule has 0 fully saturated rings. The van der Waals surface area contributed by atoms with Crippen LogP contribution < -0.4 is 10.1 Å². The first-order chi connectivity index (χ1) is 15.5. The van der Waals surface area contributed by atoms with E-state index in [4.69, 9.17) is 21.1 Å². The summed E-state index contributed by atoms with van der Waals surface area (Å²) in [6.07, 6.45) is 5.57. The number of nitrogens with one attached hydrogen (secondary N) is 1. The van der Waals surface area contributed by atoms with Gasteiger partial charge in [0.1, 0.15) is 5.75 Å². The van der Waals surface area contributed by atoms with Crippen molar-refractivity contribution in [1.82, 2.24) is 5.32 Å². The Morgan fingerprint density at radius 1 is 1.09 bits per heavy atom. The summed E-state index contributed by atoms with van der Waals surface area (Å²) < 4.78 is 16.2. The number of benzene rings is 2. The van der Waals surface area contributed by atoms with E-state index >= 15 is 0 Å². The van der Waals surface area contributed by atoms with Gasteiger partial charge in [-0.05, 0) is 55.2 Å². The number of hydrogen-bond acceptors (Lipinski definition) is 5. The number of methoxy groups -OCH3 is 1. The number of hydrogen-bond donors (Lipinski definition) is 1. The molecule has 0 spiro atoms. The Bertz CT molecular complexity index is 801. The van der Waals surface area contributed by atoms with Crippen LogP contribution in [-0.2, 0) is 20.7 Å². The van der Waals surface area contributed by atoms with Gasteiger partial charge in [0.15, 0.2) is 6.61 Å². The van der Waals surface area contributed by atoms with Crippen LogP contribution in [0.5, 0.6) is 5.75 Å². The average molecular weight is 498 g/mol. The number of halogens is 2. The number of carbonyl (C=O) groups is 1. The Hall–Kier alpha value is -1.79. The second kappa shape index (κ2) is 16.8. The molecule has 184 valence electrons. The van der Waals surface area contributed by atoms with E-state index in [0.29, 0.717) is 5.75 Å². The number of esters is 1. The lowest BCUT2D eigenvalue weighted by Crippen LogP contribution is -2.33. The Kier molecular flexibility index (Phi) is 14.9. The molecule has 0 saturated heterocycles. The van der Waals surface area contributed by atoms with Crippen LogP contribution in [-0.4, -0.2) is 38.9 Å². The van der Waals surface area contributed by atoms with E-state index in [2.05, 4.69) is 30.0 Å². The summed E-state index contributed by atoms with van der Waals surface area (Å²) in [7, 11) is 1.34. The van der Waals surface area contributed by atoms with Crippen molar-refractivity contribution in [2.24, 2.45) is 0 Å². The molecular formula is C26H37Cl2NO4. The van der Waals surface area contributed by atoms with Crippen molar-refractivity contribution in [2.75, 3.05) is 26.9 Å². The molecule has 7 heteroatoms. The van der Waals surface area contributed by atoms with E-state index in [0.717, 1.165) is 36.6 Å².